The number of fused-ring (bicyclic) bond motifs is 1. The first-order valence-corrected chi connectivity index (χ1v) is 7.95. The van der Waals surface area contributed by atoms with Crippen LogP contribution in [0.25, 0.3) is 11.5 Å². The lowest BCUT2D eigenvalue weighted by molar-refractivity contribution is -0.130. The summed E-state index contributed by atoms with van der Waals surface area (Å²) in [6.07, 6.45) is 2.61. The van der Waals surface area contributed by atoms with Gasteiger partial charge < -0.3 is 19.2 Å². The van der Waals surface area contributed by atoms with E-state index in [1.54, 1.807) is 24.6 Å². The van der Waals surface area contributed by atoms with Gasteiger partial charge in [-0.15, -0.1) is 0 Å². The number of nitrogens with one attached hydrogen (secondary N) is 1. The van der Waals surface area contributed by atoms with Crippen LogP contribution in [0, 0.1) is 0 Å². The van der Waals surface area contributed by atoms with E-state index in [-0.39, 0.29) is 12.5 Å². The zero-order chi connectivity index (χ0) is 17.1. The molecule has 25 heavy (non-hydrogen) atoms. The summed E-state index contributed by atoms with van der Waals surface area (Å²) in [4.78, 5) is 16.8. The van der Waals surface area contributed by atoms with Crippen LogP contribution in [-0.2, 0) is 11.3 Å². The van der Waals surface area contributed by atoms with Crippen molar-refractivity contribution in [1.29, 1.82) is 0 Å². The van der Waals surface area contributed by atoms with E-state index >= 15 is 0 Å². The maximum atomic E-state index is 12.4. The number of pyridine rings is 1. The Morgan fingerprint density at radius 3 is 2.84 bits per heavy atom. The van der Waals surface area contributed by atoms with Gasteiger partial charge in [0.05, 0.1) is 6.26 Å². The molecule has 1 amide bonds. The van der Waals surface area contributed by atoms with E-state index in [1.807, 2.05) is 36.4 Å². The van der Waals surface area contributed by atoms with Crippen molar-refractivity contribution in [2.45, 2.75) is 12.6 Å². The Morgan fingerprint density at radius 2 is 2.00 bits per heavy atom. The summed E-state index contributed by atoms with van der Waals surface area (Å²) in [5.74, 6) is 1.66. The molecule has 1 N–H and O–H groups in total. The molecule has 4 rings (SSSR count). The molecule has 3 heterocycles. The fourth-order valence-electron chi connectivity index (χ4n) is 2.66. The minimum absolute atomic E-state index is 0.181. The minimum atomic E-state index is -0.682. The van der Waals surface area contributed by atoms with Crippen molar-refractivity contribution in [2.24, 2.45) is 0 Å². The standard InChI is InChI=1S/C19H16N2O4/c22-19(17-12-24-14-6-1-2-7-15(14)25-17)21-11-13-5-3-9-20-18(13)16-8-4-10-23-16/h1-10,17H,11-12H2,(H,21,22)/t17-/m0/s1. The molecular weight excluding hydrogens is 320 g/mol. The lowest BCUT2D eigenvalue weighted by Gasteiger charge is -2.25. The molecule has 2 aromatic heterocycles. The normalized spacial score (nSPS) is 15.6. The summed E-state index contributed by atoms with van der Waals surface area (Å²) in [6.45, 7) is 0.505. The highest BCUT2D eigenvalue weighted by Gasteiger charge is 2.27. The van der Waals surface area contributed by atoms with Crippen molar-refractivity contribution in [1.82, 2.24) is 10.3 Å². The van der Waals surface area contributed by atoms with Gasteiger partial charge in [-0.2, -0.15) is 0 Å². The lowest BCUT2D eigenvalue weighted by Crippen LogP contribution is -2.43. The molecule has 1 atom stereocenters. The topological polar surface area (TPSA) is 73.6 Å². The maximum Gasteiger partial charge on any atom is 0.264 e. The van der Waals surface area contributed by atoms with Crippen LogP contribution in [0.4, 0.5) is 0 Å². The second-order valence-corrected chi connectivity index (χ2v) is 5.57. The number of para-hydroxylation sites is 2. The van der Waals surface area contributed by atoms with E-state index in [4.69, 9.17) is 13.9 Å². The third kappa shape index (κ3) is 3.19. The van der Waals surface area contributed by atoms with Crippen LogP contribution in [-0.4, -0.2) is 23.6 Å². The molecule has 1 aliphatic rings. The molecule has 6 nitrogen and oxygen atoms in total. The molecule has 126 valence electrons. The molecule has 3 aromatic rings. The summed E-state index contributed by atoms with van der Waals surface area (Å²) in [5, 5.41) is 2.88. The summed E-state index contributed by atoms with van der Waals surface area (Å²) in [6, 6.07) is 14.7. The van der Waals surface area contributed by atoms with Crippen LogP contribution in [0.1, 0.15) is 5.56 Å². The van der Waals surface area contributed by atoms with Gasteiger partial charge in [-0.25, -0.2) is 0 Å². The number of carbonyl (C=O) groups excluding carboxylic acids is 1. The number of aromatic nitrogens is 1. The second-order valence-electron chi connectivity index (χ2n) is 5.57. The summed E-state index contributed by atoms with van der Waals surface area (Å²) in [5.41, 5.74) is 1.57. The number of furan rings is 1. The van der Waals surface area contributed by atoms with E-state index < -0.39 is 6.10 Å². The monoisotopic (exact) mass is 336 g/mol. The van der Waals surface area contributed by atoms with E-state index in [0.717, 1.165) is 5.56 Å². The van der Waals surface area contributed by atoms with Gasteiger partial charge in [-0.3, -0.25) is 9.78 Å². The van der Waals surface area contributed by atoms with Crippen molar-refractivity contribution >= 4 is 5.91 Å². The molecular formula is C19H16N2O4. The van der Waals surface area contributed by atoms with Gasteiger partial charge in [0.15, 0.2) is 17.3 Å². The van der Waals surface area contributed by atoms with Crippen LogP contribution in [0.15, 0.2) is 65.4 Å². The third-order valence-electron chi connectivity index (χ3n) is 3.90. The smallest absolute Gasteiger partial charge is 0.264 e. The second kappa shape index (κ2) is 6.68. The Bertz CT molecular complexity index is 877. The number of carbonyl (C=O) groups is 1. The van der Waals surface area contributed by atoms with Gasteiger partial charge in [0.2, 0.25) is 6.10 Å². The molecule has 0 fully saturated rings. The Hall–Kier alpha value is -3.28. The SMILES string of the molecule is O=C(NCc1cccnc1-c1ccco1)[C@@H]1COc2ccccc2O1. The summed E-state index contributed by atoms with van der Waals surface area (Å²) in [7, 11) is 0. The molecule has 0 aliphatic carbocycles. The maximum absolute atomic E-state index is 12.4. The van der Waals surface area contributed by atoms with Crippen LogP contribution in [0.5, 0.6) is 11.5 Å². The Kier molecular flexibility index (Phi) is 4.08. The fourth-order valence-corrected chi connectivity index (χ4v) is 2.66. The molecule has 6 heteroatoms. The van der Waals surface area contributed by atoms with Crippen molar-refractivity contribution < 1.29 is 18.7 Å². The van der Waals surface area contributed by atoms with E-state index in [2.05, 4.69) is 10.3 Å². The van der Waals surface area contributed by atoms with E-state index in [1.165, 1.54) is 0 Å². The van der Waals surface area contributed by atoms with Gasteiger partial charge in [-0.05, 0) is 30.3 Å². The lowest BCUT2D eigenvalue weighted by atomic mass is 10.1. The van der Waals surface area contributed by atoms with Crippen molar-refractivity contribution in [2.75, 3.05) is 6.61 Å². The number of rotatable bonds is 4. The highest BCUT2D eigenvalue weighted by atomic mass is 16.6. The fraction of sp³-hybridized carbons (Fsp3) is 0.158. The average Bonchev–Trinajstić information content (AvgIpc) is 3.20. The van der Waals surface area contributed by atoms with Crippen molar-refractivity contribution in [3.63, 3.8) is 0 Å². The van der Waals surface area contributed by atoms with E-state index in [9.17, 15) is 4.79 Å². The highest BCUT2D eigenvalue weighted by Crippen LogP contribution is 2.31. The van der Waals surface area contributed by atoms with Crippen molar-refractivity contribution in [3.05, 3.63) is 66.6 Å². The number of amides is 1. The van der Waals surface area contributed by atoms with Crippen molar-refractivity contribution in [3.8, 4) is 23.0 Å². The number of hydrogen-bond donors (Lipinski definition) is 1. The molecule has 1 aliphatic heterocycles. The molecule has 0 bridgehead atoms. The summed E-state index contributed by atoms with van der Waals surface area (Å²) < 4.78 is 16.7. The Morgan fingerprint density at radius 1 is 1.12 bits per heavy atom. The third-order valence-corrected chi connectivity index (χ3v) is 3.90. The largest absolute Gasteiger partial charge is 0.485 e. The Labute approximate surface area is 144 Å². The first-order chi connectivity index (χ1) is 12.3. The van der Waals surface area contributed by atoms with Gasteiger partial charge in [-0.1, -0.05) is 18.2 Å². The van der Waals surface area contributed by atoms with Crippen LogP contribution in [0.2, 0.25) is 0 Å². The van der Waals surface area contributed by atoms with Crippen LogP contribution in [0.3, 0.4) is 0 Å². The summed E-state index contributed by atoms with van der Waals surface area (Å²) >= 11 is 0. The van der Waals surface area contributed by atoms with Crippen LogP contribution >= 0.6 is 0 Å². The van der Waals surface area contributed by atoms with Crippen LogP contribution < -0.4 is 14.8 Å². The zero-order valence-corrected chi connectivity index (χ0v) is 13.3. The zero-order valence-electron chi connectivity index (χ0n) is 13.3. The van der Waals surface area contributed by atoms with Gasteiger partial charge >= 0.3 is 0 Å². The van der Waals surface area contributed by atoms with Gasteiger partial charge in [0, 0.05) is 18.3 Å². The number of benzene rings is 1. The molecule has 0 spiro atoms. The molecule has 0 unspecified atom stereocenters. The molecule has 1 aromatic carbocycles. The predicted octanol–water partition coefficient (Wildman–Crippen LogP) is 2.80. The number of nitrogens with zero attached hydrogens (tertiary/aromatic N) is 1. The Balaban J connectivity index is 1.44. The van der Waals surface area contributed by atoms with Gasteiger partial charge in [0.25, 0.3) is 5.91 Å². The number of ether oxygens (including phenoxy) is 2. The average molecular weight is 336 g/mol. The first kappa shape index (κ1) is 15.3. The predicted molar refractivity (Wildman–Crippen MR) is 90.1 cm³/mol. The first-order valence-electron chi connectivity index (χ1n) is 7.95. The van der Waals surface area contributed by atoms with Gasteiger partial charge in [0.1, 0.15) is 12.3 Å². The molecule has 0 saturated carbocycles. The van der Waals surface area contributed by atoms with E-state index in [0.29, 0.717) is 29.5 Å². The molecule has 0 saturated heterocycles. The number of hydrogen-bond acceptors (Lipinski definition) is 5. The highest BCUT2D eigenvalue weighted by molar-refractivity contribution is 5.82. The minimum Gasteiger partial charge on any atom is -0.485 e. The quantitative estimate of drug-likeness (QED) is 0.793. The molecule has 0 radical (unpaired) electrons.